The first-order valence-corrected chi connectivity index (χ1v) is 6.18. The van der Waals surface area contributed by atoms with E-state index in [2.05, 4.69) is 15.3 Å². The van der Waals surface area contributed by atoms with E-state index in [4.69, 9.17) is 11.6 Å². The van der Waals surface area contributed by atoms with Gasteiger partial charge in [-0.2, -0.15) is 5.48 Å². The van der Waals surface area contributed by atoms with Crippen LogP contribution in [0.5, 0.6) is 0 Å². The summed E-state index contributed by atoms with van der Waals surface area (Å²) in [7, 11) is 0. The van der Waals surface area contributed by atoms with Gasteiger partial charge in [-0.15, -0.1) is 0 Å². The van der Waals surface area contributed by atoms with Crippen LogP contribution in [0.25, 0.3) is 0 Å². The smallest absolute Gasteiger partial charge is 0.335 e. The van der Waals surface area contributed by atoms with E-state index in [0.717, 1.165) is 0 Å². The Morgan fingerprint density at radius 3 is 2.70 bits per heavy atom. The number of hydroxylamine groups is 1. The molecule has 6 heteroatoms. The number of rotatable bonds is 3. The summed E-state index contributed by atoms with van der Waals surface area (Å²) in [5, 5.41) is 0.487. The lowest BCUT2D eigenvalue weighted by molar-refractivity contribution is -0.129. The largest absolute Gasteiger partial charge is 0.364 e. The lowest BCUT2D eigenvalue weighted by atomic mass is 10.1. The summed E-state index contributed by atoms with van der Waals surface area (Å²) >= 11 is 5.93. The van der Waals surface area contributed by atoms with Gasteiger partial charge in [0.25, 0.3) is 5.91 Å². The molecule has 0 unspecified atom stereocenters. The molecule has 2 aromatic rings. The molecular weight excluding hydrogens is 280 g/mol. The SMILES string of the molecule is O=C(Cc1ccccc1Cl)NOC(=O)c1cccnc1. The van der Waals surface area contributed by atoms with Crippen molar-refractivity contribution in [2.45, 2.75) is 6.42 Å². The average Bonchev–Trinajstić information content (AvgIpc) is 2.48. The Balaban J connectivity index is 1.87. The van der Waals surface area contributed by atoms with Crippen LogP contribution in [-0.2, 0) is 16.1 Å². The molecule has 0 bridgehead atoms. The predicted molar refractivity (Wildman–Crippen MR) is 73.0 cm³/mol. The van der Waals surface area contributed by atoms with E-state index in [-0.39, 0.29) is 12.0 Å². The van der Waals surface area contributed by atoms with E-state index in [0.29, 0.717) is 10.6 Å². The zero-order chi connectivity index (χ0) is 14.4. The van der Waals surface area contributed by atoms with Crippen LogP contribution in [0, 0.1) is 0 Å². The van der Waals surface area contributed by atoms with Crippen molar-refractivity contribution in [3.8, 4) is 0 Å². The van der Waals surface area contributed by atoms with Crippen LogP contribution < -0.4 is 5.48 Å². The fourth-order valence-electron chi connectivity index (χ4n) is 1.50. The quantitative estimate of drug-likeness (QED) is 0.880. The summed E-state index contributed by atoms with van der Waals surface area (Å²) in [6, 6.07) is 10.1. The molecule has 0 atom stereocenters. The van der Waals surface area contributed by atoms with Crippen LogP contribution in [0.3, 0.4) is 0 Å². The average molecular weight is 291 g/mol. The number of aromatic nitrogens is 1. The highest BCUT2D eigenvalue weighted by molar-refractivity contribution is 6.31. The molecule has 5 nitrogen and oxygen atoms in total. The zero-order valence-electron chi connectivity index (χ0n) is 10.4. The first kappa shape index (κ1) is 14.0. The van der Waals surface area contributed by atoms with Gasteiger partial charge < -0.3 is 4.84 Å². The summed E-state index contributed by atoms with van der Waals surface area (Å²) in [6.45, 7) is 0. The molecule has 0 saturated heterocycles. The zero-order valence-corrected chi connectivity index (χ0v) is 11.1. The monoisotopic (exact) mass is 290 g/mol. The summed E-state index contributed by atoms with van der Waals surface area (Å²) < 4.78 is 0. The molecule has 0 aliphatic carbocycles. The number of hydrogen-bond donors (Lipinski definition) is 1. The third kappa shape index (κ3) is 3.80. The standard InChI is InChI=1S/C14H11ClN2O3/c15-12-6-2-1-4-10(12)8-13(18)17-20-14(19)11-5-3-7-16-9-11/h1-7,9H,8H2,(H,17,18). The second-order valence-corrected chi connectivity index (χ2v) is 4.33. The molecule has 0 radical (unpaired) electrons. The van der Waals surface area contributed by atoms with Gasteiger partial charge in [0.05, 0.1) is 12.0 Å². The number of nitrogens with zero attached hydrogens (tertiary/aromatic N) is 1. The molecule has 102 valence electrons. The van der Waals surface area contributed by atoms with Gasteiger partial charge in [0, 0.05) is 17.4 Å². The first-order valence-electron chi connectivity index (χ1n) is 5.80. The number of halogens is 1. The van der Waals surface area contributed by atoms with Gasteiger partial charge in [-0.05, 0) is 23.8 Å². The molecule has 1 amide bonds. The van der Waals surface area contributed by atoms with Crippen molar-refractivity contribution in [3.63, 3.8) is 0 Å². The molecule has 1 heterocycles. The molecular formula is C14H11ClN2O3. The molecule has 0 spiro atoms. The minimum atomic E-state index is -0.675. The Bertz CT molecular complexity index is 617. The van der Waals surface area contributed by atoms with E-state index in [9.17, 15) is 9.59 Å². The number of benzene rings is 1. The van der Waals surface area contributed by atoms with Gasteiger partial charge in [0.15, 0.2) is 0 Å². The molecule has 2 rings (SSSR count). The molecule has 0 fully saturated rings. The molecule has 0 aliphatic heterocycles. The van der Waals surface area contributed by atoms with E-state index in [1.807, 2.05) is 0 Å². The maximum absolute atomic E-state index is 11.6. The van der Waals surface area contributed by atoms with Crippen LogP contribution in [0.2, 0.25) is 5.02 Å². The van der Waals surface area contributed by atoms with E-state index in [1.165, 1.54) is 18.5 Å². The van der Waals surface area contributed by atoms with Crippen LogP contribution in [0.15, 0.2) is 48.8 Å². The lowest BCUT2D eigenvalue weighted by Crippen LogP contribution is -2.28. The normalized spacial score (nSPS) is 9.85. The van der Waals surface area contributed by atoms with Crippen LogP contribution in [0.1, 0.15) is 15.9 Å². The number of hydrogen-bond acceptors (Lipinski definition) is 4. The van der Waals surface area contributed by atoms with Crippen molar-refractivity contribution in [1.82, 2.24) is 10.5 Å². The van der Waals surface area contributed by atoms with Gasteiger partial charge in [-0.1, -0.05) is 29.8 Å². The second-order valence-electron chi connectivity index (χ2n) is 3.92. The molecule has 20 heavy (non-hydrogen) atoms. The van der Waals surface area contributed by atoms with Crippen molar-refractivity contribution in [1.29, 1.82) is 0 Å². The molecule has 1 aromatic heterocycles. The minimum absolute atomic E-state index is 0.0278. The Morgan fingerprint density at radius 2 is 2.00 bits per heavy atom. The highest BCUT2D eigenvalue weighted by Crippen LogP contribution is 2.15. The third-order valence-corrected chi connectivity index (χ3v) is 2.83. The van der Waals surface area contributed by atoms with Crippen molar-refractivity contribution < 1.29 is 14.4 Å². The number of nitrogens with one attached hydrogen (secondary N) is 1. The van der Waals surface area contributed by atoms with E-state index < -0.39 is 11.9 Å². The predicted octanol–water partition coefficient (Wildman–Crippen LogP) is 2.17. The number of amides is 1. The third-order valence-electron chi connectivity index (χ3n) is 2.46. The van der Waals surface area contributed by atoms with E-state index in [1.54, 1.807) is 30.3 Å². The minimum Gasteiger partial charge on any atom is -0.335 e. The molecule has 1 N–H and O–H groups in total. The number of carbonyl (C=O) groups is 2. The Hall–Kier alpha value is -2.40. The molecule has 0 saturated carbocycles. The van der Waals surface area contributed by atoms with Gasteiger partial charge in [0.2, 0.25) is 0 Å². The summed E-state index contributed by atoms with van der Waals surface area (Å²) in [4.78, 5) is 31.7. The topological polar surface area (TPSA) is 68.3 Å². The van der Waals surface area contributed by atoms with Gasteiger partial charge in [-0.3, -0.25) is 9.78 Å². The van der Waals surface area contributed by atoms with Crippen molar-refractivity contribution in [2.24, 2.45) is 0 Å². The Morgan fingerprint density at radius 1 is 1.20 bits per heavy atom. The van der Waals surface area contributed by atoms with Crippen molar-refractivity contribution in [2.75, 3.05) is 0 Å². The number of carbonyl (C=O) groups excluding carboxylic acids is 2. The first-order chi connectivity index (χ1) is 9.66. The van der Waals surface area contributed by atoms with Crippen LogP contribution >= 0.6 is 11.6 Å². The van der Waals surface area contributed by atoms with Gasteiger partial charge in [-0.25, -0.2) is 4.79 Å². The highest BCUT2D eigenvalue weighted by atomic mass is 35.5. The lowest BCUT2D eigenvalue weighted by Gasteiger charge is -2.06. The van der Waals surface area contributed by atoms with Crippen LogP contribution in [0.4, 0.5) is 0 Å². The fraction of sp³-hybridized carbons (Fsp3) is 0.0714. The summed E-state index contributed by atoms with van der Waals surface area (Å²) in [5.74, 6) is -1.14. The van der Waals surface area contributed by atoms with Crippen molar-refractivity contribution in [3.05, 3.63) is 64.9 Å². The van der Waals surface area contributed by atoms with Gasteiger partial charge >= 0.3 is 5.97 Å². The fourth-order valence-corrected chi connectivity index (χ4v) is 1.70. The van der Waals surface area contributed by atoms with Crippen LogP contribution in [-0.4, -0.2) is 16.9 Å². The number of pyridine rings is 1. The highest BCUT2D eigenvalue weighted by Gasteiger charge is 2.11. The molecule has 1 aromatic carbocycles. The maximum Gasteiger partial charge on any atom is 0.364 e. The molecule has 0 aliphatic rings. The van der Waals surface area contributed by atoms with Crippen molar-refractivity contribution >= 4 is 23.5 Å². The maximum atomic E-state index is 11.6. The summed E-state index contributed by atoms with van der Waals surface area (Å²) in [6.07, 6.45) is 2.91. The Labute approximate surface area is 120 Å². The Kier molecular flexibility index (Phi) is 4.68. The second kappa shape index (κ2) is 6.68. The summed E-state index contributed by atoms with van der Waals surface area (Å²) in [5.41, 5.74) is 2.99. The van der Waals surface area contributed by atoms with E-state index >= 15 is 0 Å². The van der Waals surface area contributed by atoms with Gasteiger partial charge in [0.1, 0.15) is 0 Å².